The van der Waals surface area contributed by atoms with E-state index in [-0.39, 0.29) is 28.3 Å². The highest BCUT2D eigenvalue weighted by Gasteiger charge is 2.48. The van der Waals surface area contributed by atoms with Crippen LogP contribution in [0.25, 0.3) is 11.0 Å². The molecule has 2 aliphatic rings. The number of hydrogen-bond acceptors (Lipinski definition) is 7. The van der Waals surface area contributed by atoms with Crippen LogP contribution in [0.3, 0.4) is 0 Å². The standard InChI is InChI=1S/C25H25NO7S/c1-3-11-32-19-9-8-15(13-20(19)31-2)22-21-23(27)17-6-4-5-7-18(17)33-24(21)25(28)26(22)16-10-12-34(29,30)14-16/h4-9,13,16,22H,3,10-12,14H2,1-2H3/t16-,22-/m0/s1. The first kappa shape index (κ1) is 22.5. The number of sulfone groups is 1. The van der Waals surface area contributed by atoms with E-state index in [1.165, 1.54) is 12.0 Å². The summed E-state index contributed by atoms with van der Waals surface area (Å²) < 4.78 is 41.7. The summed E-state index contributed by atoms with van der Waals surface area (Å²) in [5.41, 5.74) is 0.862. The van der Waals surface area contributed by atoms with Gasteiger partial charge in [-0.3, -0.25) is 9.59 Å². The van der Waals surface area contributed by atoms with Crippen LogP contribution in [0.4, 0.5) is 0 Å². The van der Waals surface area contributed by atoms with Crippen molar-refractivity contribution in [2.45, 2.75) is 31.8 Å². The van der Waals surface area contributed by atoms with Crippen LogP contribution in [0, 0.1) is 0 Å². The summed E-state index contributed by atoms with van der Waals surface area (Å²) in [5, 5.41) is 0.370. The molecule has 0 N–H and O–H groups in total. The minimum Gasteiger partial charge on any atom is -0.493 e. The van der Waals surface area contributed by atoms with E-state index >= 15 is 0 Å². The molecule has 1 saturated heterocycles. The molecule has 3 heterocycles. The van der Waals surface area contributed by atoms with Gasteiger partial charge in [0.2, 0.25) is 5.76 Å². The molecule has 2 aliphatic heterocycles. The molecule has 2 aromatic carbocycles. The number of amides is 1. The lowest BCUT2D eigenvalue weighted by Gasteiger charge is -2.30. The Morgan fingerprint density at radius 3 is 2.62 bits per heavy atom. The van der Waals surface area contributed by atoms with Crippen LogP contribution >= 0.6 is 0 Å². The van der Waals surface area contributed by atoms with Crippen molar-refractivity contribution in [3.8, 4) is 11.5 Å². The first-order chi connectivity index (χ1) is 16.3. The number of ether oxygens (including phenoxy) is 2. The fraction of sp³-hybridized carbons (Fsp3) is 0.360. The molecule has 0 unspecified atom stereocenters. The lowest BCUT2D eigenvalue weighted by Crippen LogP contribution is -2.40. The monoisotopic (exact) mass is 483 g/mol. The zero-order valence-electron chi connectivity index (χ0n) is 18.9. The summed E-state index contributed by atoms with van der Waals surface area (Å²) in [6.45, 7) is 2.52. The summed E-state index contributed by atoms with van der Waals surface area (Å²) in [5.74, 6) is 0.361. The fourth-order valence-electron chi connectivity index (χ4n) is 4.82. The number of nitrogens with zero attached hydrogens (tertiary/aromatic N) is 1. The van der Waals surface area contributed by atoms with Crippen LogP contribution < -0.4 is 14.9 Å². The van der Waals surface area contributed by atoms with E-state index in [9.17, 15) is 18.0 Å². The van der Waals surface area contributed by atoms with Crippen LogP contribution in [-0.4, -0.2) is 50.5 Å². The van der Waals surface area contributed by atoms with Gasteiger partial charge in [0.25, 0.3) is 5.91 Å². The Kier molecular flexibility index (Phi) is 5.59. The number of hydrogen-bond donors (Lipinski definition) is 0. The van der Waals surface area contributed by atoms with Crippen molar-refractivity contribution in [1.82, 2.24) is 4.90 Å². The Morgan fingerprint density at radius 1 is 1.12 bits per heavy atom. The van der Waals surface area contributed by atoms with Crippen molar-refractivity contribution >= 4 is 26.7 Å². The summed E-state index contributed by atoms with van der Waals surface area (Å²) in [6, 6.07) is 10.7. The lowest BCUT2D eigenvalue weighted by atomic mass is 9.97. The molecule has 34 heavy (non-hydrogen) atoms. The zero-order chi connectivity index (χ0) is 24.0. The van der Waals surface area contributed by atoms with Gasteiger partial charge in [-0.15, -0.1) is 0 Å². The number of fused-ring (bicyclic) bond motifs is 2. The molecule has 0 aliphatic carbocycles. The molecular formula is C25H25NO7S. The number of carbonyl (C=O) groups excluding carboxylic acids is 1. The molecule has 2 atom stereocenters. The molecule has 0 radical (unpaired) electrons. The minimum atomic E-state index is -3.27. The second kappa shape index (κ2) is 8.47. The van der Waals surface area contributed by atoms with Crippen LogP contribution in [0.1, 0.15) is 47.5 Å². The first-order valence-corrected chi connectivity index (χ1v) is 13.1. The van der Waals surface area contributed by atoms with E-state index in [0.717, 1.165) is 6.42 Å². The van der Waals surface area contributed by atoms with Crippen molar-refractivity contribution in [2.24, 2.45) is 0 Å². The normalized spacial score (nSPS) is 21.1. The van der Waals surface area contributed by atoms with Gasteiger partial charge in [-0.25, -0.2) is 8.42 Å². The van der Waals surface area contributed by atoms with Crippen LogP contribution in [-0.2, 0) is 9.84 Å². The smallest absolute Gasteiger partial charge is 0.291 e. The molecular weight excluding hydrogens is 458 g/mol. The van der Waals surface area contributed by atoms with E-state index in [4.69, 9.17) is 13.9 Å². The largest absolute Gasteiger partial charge is 0.493 e. The third kappa shape index (κ3) is 3.64. The molecule has 0 saturated carbocycles. The van der Waals surface area contributed by atoms with Gasteiger partial charge in [0.05, 0.1) is 42.2 Å². The maximum Gasteiger partial charge on any atom is 0.291 e. The fourth-order valence-corrected chi connectivity index (χ4v) is 6.53. The minimum absolute atomic E-state index is 0.000971. The number of methoxy groups -OCH3 is 1. The van der Waals surface area contributed by atoms with Crippen molar-refractivity contribution in [2.75, 3.05) is 25.2 Å². The second-order valence-corrected chi connectivity index (χ2v) is 10.8. The number of para-hydroxylation sites is 1. The van der Waals surface area contributed by atoms with E-state index in [2.05, 4.69) is 0 Å². The average Bonchev–Trinajstić information content (AvgIpc) is 3.34. The third-order valence-corrected chi connectivity index (χ3v) is 8.13. The molecule has 9 heteroatoms. The van der Waals surface area contributed by atoms with E-state index < -0.39 is 27.8 Å². The molecule has 1 aromatic heterocycles. The Bertz CT molecular complexity index is 1440. The van der Waals surface area contributed by atoms with Gasteiger partial charge in [0.15, 0.2) is 26.8 Å². The SMILES string of the molecule is CCCOc1ccc([C@H]2c3c(oc4ccccc4c3=O)C(=O)N2[C@H]2CCS(=O)(=O)C2)cc1OC. The van der Waals surface area contributed by atoms with Gasteiger partial charge in [-0.1, -0.05) is 25.1 Å². The molecule has 0 spiro atoms. The Balaban J connectivity index is 1.70. The summed E-state index contributed by atoms with van der Waals surface area (Å²) >= 11 is 0. The maximum absolute atomic E-state index is 13.6. The number of benzene rings is 2. The highest BCUT2D eigenvalue weighted by Crippen LogP contribution is 2.43. The van der Waals surface area contributed by atoms with E-state index in [0.29, 0.717) is 41.1 Å². The van der Waals surface area contributed by atoms with Gasteiger partial charge < -0.3 is 18.8 Å². The van der Waals surface area contributed by atoms with Crippen molar-refractivity contribution in [3.05, 3.63) is 69.6 Å². The van der Waals surface area contributed by atoms with Crippen molar-refractivity contribution < 1.29 is 27.1 Å². The average molecular weight is 484 g/mol. The highest BCUT2D eigenvalue weighted by molar-refractivity contribution is 7.91. The Hall–Kier alpha value is -3.33. The van der Waals surface area contributed by atoms with Crippen molar-refractivity contribution in [1.29, 1.82) is 0 Å². The molecule has 8 nitrogen and oxygen atoms in total. The van der Waals surface area contributed by atoms with E-state index in [1.54, 1.807) is 42.5 Å². The Labute approximate surface area is 197 Å². The topological polar surface area (TPSA) is 103 Å². The van der Waals surface area contributed by atoms with Gasteiger partial charge in [-0.2, -0.15) is 0 Å². The highest BCUT2D eigenvalue weighted by atomic mass is 32.2. The first-order valence-electron chi connectivity index (χ1n) is 11.2. The van der Waals surface area contributed by atoms with Gasteiger partial charge in [0.1, 0.15) is 5.58 Å². The van der Waals surface area contributed by atoms with Crippen LogP contribution in [0.5, 0.6) is 11.5 Å². The predicted octanol–water partition coefficient (Wildman–Crippen LogP) is 3.32. The number of rotatable bonds is 6. The summed E-state index contributed by atoms with van der Waals surface area (Å²) in [7, 11) is -1.75. The van der Waals surface area contributed by atoms with Gasteiger partial charge in [0, 0.05) is 6.04 Å². The molecule has 0 bridgehead atoms. The third-order valence-electron chi connectivity index (χ3n) is 6.38. The van der Waals surface area contributed by atoms with Crippen molar-refractivity contribution in [3.63, 3.8) is 0 Å². The van der Waals surface area contributed by atoms with Crippen LogP contribution in [0.2, 0.25) is 0 Å². The molecule has 3 aromatic rings. The molecule has 178 valence electrons. The second-order valence-electron chi connectivity index (χ2n) is 8.60. The van der Waals surface area contributed by atoms with Gasteiger partial charge in [-0.05, 0) is 42.7 Å². The summed E-state index contributed by atoms with van der Waals surface area (Å²) in [4.78, 5) is 28.7. The zero-order valence-corrected chi connectivity index (χ0v) is 19.8. The molecule has 5 rings (SSSR count). The quantitative estimate of drug-likeness (QED) is 0.530. The molecule has 1 fully saturated rings. The molecule has 1 amide bonds. The maximum atomic E-state index is 13.6. The van der Waals surface area contributed by atoms with Gasteiger partial charge >= 0.3 is 0 Å². The predicted molar refractivity (Wildman–Crippen MR) is 126 cm³/mol. The van der Waals surface area contributed by atoms with E-state index in [1.807, 2.05) is 6.92 Å². The Morgan fingerprint density at radius 2 is 1.91 bits per heavy atom. The van der Waals surface area contributed by atoms with Crippen LogP contribution in [0.15, 0.2) is 51.7 Å². The number of carbonyl (C=O) groups is 1. The summed E-state index contributed by atoms with van der Waals surface area (Å²) in [6.07, 6.45) is 1.13. The lowest BCUT2D eigenvalue weighted by molar-refractivity contribution is 0.0662.